The van der Waals surface area contributed by atoms with Crippen molar-refractivity contribution in [2.45, 2.75) is 103 Å². The number of hydrogen-bond acceptors (Lipinski definition) is 6. The lowest BCUT2D eigenvalue weighted by Crippen LogP contribution is -2.58. The van der Waals surface area contributed by atoms with Gasteiger partial charge in [0.2, 0.25) is 17.7 Å². The summed E-state index contributed by atoms with van der Waals surface area (Å²) in [4.78, 5) is 59.8. The van der Waals surface area contributed by atoms with E-state index in [9.17, 15) is 19.2 Å². The van der Waals surface area contributed by atoms with E-state index in [4.69, 9.17) is 4.74 Å². The molecule has 4 aromatic rings. The number of likely N-dealkylation sites (tertiary alicyclic amines) is 1. The molecule has 1 aliphatic rings. The summed E-state index contributed by atoms with van der Waals surface area (Å²) in [6.07, 6.45) is 6.99. The number of hydrogen-bond donors (Lipinski definition) is 3. The molecule has 11 heteroatoms. The monoisotopic (exact) mass is 708 g/mol. The summed E-state index contributed by atoms with van der Waals surface area (Å²) >= 11 is 0. The Morgan fingerprint density at radius 1 is 0.865 bits per heavy atom. The summed E-state index contributed by atoms with van der Waals surface area (Å²) < 4.78 is 7.22. The summed E-state index contributed by atoms with van der Waals surface area (Å²) in [5.41, 5.74) is 0.0302. The molecule has 1 aliphatic heterocycles. The molecule has 0 radical (unpaired) electrons. The lowest BCUT2D eigenvalue weighted by molar-refractivity contribution is -0.132. The van der Waals surface area contributed by atoms with Crippen LogP contribution < -0.4 is 16.0 Å². The number of benzene rings is 3. The van der Waals surface area contributed by atoms with Gasteiger partial charge in [0.1, 0.15) is 17.2 Å². The zero-order chi connectivity index (χ0) is 37.3. The van der Waals surface area contributed by atoms with Crippen LogP contribution in [0.25, 0.3) is 10.8 Å². The number of nitrogens with zero attached hydrogens (tertiary/aromatic N) is 3. The number of carbonyl (C=O) groups is 4. The number of rotatable bonds is 14. The fourth-order valence-electron chi connectivity index (χ4n) is 6.43. The maximum Gasteiger partial charge on any atom is 0.408 e. The van der Waals surface area contributed by atoms with Crippen LogP contribution in [0.4, 0.5) is 10.6 Å². The van der Waals surface area contributed by atoms with Crippen molar-refractivity contribution < 1.29 is 23.9 Å². The summed E-state index contributed by atoms with van der Waals surface area (Å²) in [5, 5.41) is 10.6. The van der Waals surface area contributed by atoms with E-state index >= 15 is 0 Å². The number of carbonyl (C=O) groups excluding carboxylic acids is 4. The minimum absolute atomic E-state index is 0.139. The van der Waals surface area contributed by atoms with Crippen molar-refractivity contribution in [1.29, 1.82) is 0 Å². The Morgan fingerprint density at radius 2 is 1.56 bits per heavy atom. The topological polar surface area (TPSA) is 135 Å². The van der Waals surface area contributed by atoms with Gasteiger partial charge in [-0.1, -0.05) is 72.8 Å². The van der Waals surface area contributed by atoms with Gasteiger partial charge in [0.05, 0.1) is 12.2 Å². The second kappa shape index (κ2) is 16.9. The number of amides is 4. The molecule has 3 N–H and O–H groups in total. The van der Waals surface area contributed by atoms with Gasteiger partial charge in [-0.15, -0.1) is 0 Å². The number of ether oxygens (including phenoxy) is 1. The Morgan fingerprint density at radius 3 is 2.27 bits per heavy atom. The van der Waals surface area contributed by atoms with Gasteiger partial charge in [0.15, 0.2) is 5.82 Å². The molecule has 2 atom stereocenters. The smallest absolute Gasteiger partial charge is 0.408 e. The predicted molar refractivity (Wildman–Crippen MR) is 203 cm³/mol. The second-order valence-corrected chi connectivity index (χ2v) is 15.1. The van der Waals surface area contributed by atoms with Crippen molar-refractivity contribution in [2.24, 2.45) is 0 Å². The van der Waals surface area contributed by atoms with Crippen molar-refractivity contribution in [3.63, 3.8) is 0 Å². The molecule has 1 fully saturated rings. The molecule has 1 unspecified atom stereocenters. The molecule has 4 amide bonds. The summed E-state index contributed by atoms with van der Waals surface area (Å²) in [6, 6.07) is 23.4. The highest BCUT2D eigenvalue weighted by atomic mass is 16.6. The first-order chi connectivity index (χ1) is 24.8. The first kappa shape index (κ1) is 38.1. The van der Waals surface area contributed by atoms with E-state index in [0.29, 0.717) is 31.6 Å². The normalized spacial score (nSPS) is 14.4. The van der Waals surface area contributed by atoms with Crippen molar-refractivity contribution in [3.05, 3.63) is 96.4 Å². The maximum atomic E-state index is 13.8. The van der Waals surface area contributed by atoms with Crippen LogP contribution in [0.3, 0.4) is 0 Å². The Balaban J connectivity index is 1.26. The Kier molecular flexibility index (Phi) is 12.4. The third kappa shape index (κ3) is 10.7. The fraction of sp³-hybridized carbons (Fsp3) is 0.439. The molecule has 0 bridgehead atoms. The first-order valence-corrected chi connectivity index (χ1v) is 18.2. The third-order valence-electron chi connectivity index (χ3n) is 9.26. The van der Waals surface area contributed by atoms with E-state index in [0.717, 1.165) is 54.3 Å². The van der Waals surface area contributed by atoms with Crippen molar-refractivity contribution in [3.8, 4) is 0 Å². The van der Waals surface area contributed by atoms with Crippen molar-refractivity contribution >= 4 is 40.4 Å². The molecule has 0 saturated carbocycles. The SMILES string of the molecule is CC(C)(C)OC(=O)NC(C)(C)C(=O)N[C@H](CCCc1ccccc1)C(=O)Nc1cn(CCC(C(=O)N2CCCC2)c2ccc3ccccc3c2)cn1. The van der Waals surface area contributed by atoms with E-state index < -0.39 is 35.1 Å². The number of imidazole rings is 1. The van der Waals surface area contributed by atoms with Gasteiger partial charge in [-0.05, 0) is 95.0 Å². The highest BCUT2D eigenvalue weighted by Crippen LogP contribution is 2.28. The predicted octanol–water partition coefficient (Wildman–Crippen LogP) is 6.58. The molecule has 1 saturated heterocycles. The number of alkyl carbamates (subject to hydrolysis) is 1. The molecule has 0 aliphatic carbocycles. The van der Waals surface area contributed by atoms with Crippen LogP contribution >= 0.6 is 0 Å². The molecule has 52 heavy (non-hydrogen) atoms. The van der Waals surface area contributed by atoms with E-state index in [-0.39, 0.29) is 11.8 Å². The lowest BCUT2D eigenvalue weighted by atomic mass is 9.92. The number of aromatic nitrogens is 2. The lowest BCUT2D eigenvalue weighted by Gasteiger charge is -2.29. The van der Waals surface area contributed by atoms with Gasteiger partial charge in [-0.3, -0.25) is 14.4 Å². The highest BCUT2D eigenvalue weighted by molar-refractivity contribution is 5.98. The second-order valence-electron chi connectivity index (χ2n) is 15.1. The minimum Gasteiger partial charge on any atom is -0.444 e. The average Bonchev–Trinajstić information content (AvgIpc) is 3.80. The molecule has 276 valence electrons. The van der Waals surface area contributed by atoms with Crippen molar-refractivity contribution in [2.75, 3.05) is 18.4 Å². The van der Waals surface area contributed by atoms with E-state index in [2.05, 4.69) is 51.3 Å². The zero-order valence-electron chi connectivity index (χ0n) is 31.0. The molecule has 0 spiro atoms. The van der Waals surface area contributed by atoms with Crippen LogP contribution in [0.2, 0.25) is 0 Å². The standard InChI is InChI=1S/C41H52N6O5/c1-40(2,3)52-39(51)45-41(4,5)38(50)43-34(19-13-16-29-14-7-6-8-15-29)36(48)44-35-27-46(28-42-35)25-22-33(37(49)47-23-11-12-24-47)32-21-20-30-17-9-10-18-31(30)26-32/h6-10,14-15,17-18,20-21,26-28,33-34H,11-13,16,19,22-25H2,1-5H3,(H,43,50)(H,44,48)(H,45,51)/t33?,34-/m1/s1. The molecule has 5 rings (SSSR count). The minimum atomic E-state index is -1.35. The summed E-state index contributed by atoms with van der Waals surface area (Å²) in [6.45, 7) is 10.4. The van der Waals surface area contributed by atoms with Crippen LogP contribution in [0.5, 0.6) is 0 Å². The van der Waals surface area contributed by atoms with Crippen LogP contribution in [0, 0.1) is 0 Å². The zero-order valence-corrected chi connectivity index (χ0v) is 31.0. The van der Waals surface area contributed by atoms with E-state index in [1.54, 1.807) is 47.1 Å². The number of aryl methyl sites for hydroxylation is 2. The van der Waals surface area contributed by atoms with Gasteiger partial charge in [0.25, 0.3) is 0 Å². The van der Waals surface area contributed by atoms with Crippen molar-refractivity contribution in [1.82, 2.24) is 25.1 Å². The van der Waals surface area contributed by atoms with Gasteiger partial charge < -0.3 is 30.2 Å². The highest BCUT2D eigenvalue weighted by Gasteiger charge is 2.34. The van der Waals surface area contributed by atoms with Crippen LogP contribution in [-0.2, 0) is 32.1 Å². The van der Waals surface area contributed by atoms with Gasteiger partial charge in [0, 0.05) is 25.8 Å². The third-order valence-corrected chi connectivity index (χ3v) is 9.26. The molecule has 1 aromatic heterocycles. The van der Waals surface area contributed by atoms with Gasteiger partial charge in [-0.25, -0.2) is 9.78 Å². The summed E-state index contributed by atoms with van der Waals surface area (Å²) in [7, 11) is 0. The number of fused-ring (bicyclic) bond motifs is 1. The maximum absolute atomic E-state index is 13.8. The quantitative estimate of drug-likeness (QED) is 0.136. The van der Waals surface area contributed by atoms with E-state index in [1.165, 1.54) is 0 Å². The summed E-state index contributed by atoms with van der Waals surface area (Å²) in [5.74, 6) is -0.778. The molecule has 3 aromatic carbocycles. The molecular weight excluding hydrogens is 656 g/mol. The molecular formula is C41H52N6O5. The Bertz CT molecular complexity index is 1840. The van der Waals surface area contributed by atoms with Crippen LogP contribution in [0.1, 0.15) is 83.8 Å². The Hall–Kier alpha value is -5.19. The van der Waals surface area contributed by atoms with Crippen LogP contribution in [0.15, 0.2) is 85.3 Å². The molecule has 11 nitrogen and oxygen atoms in total. The number of anilines is 1. The number of nitrogens with one attached hydrogen (secondary N) is 3. The molecule has 2 heterocycles. The first-order valence-electron chi connectivity index (χ1n) is 18.2. The fourth-order valence-corrected chi connectivity index (χ4v) is 6.43. The van der Waals surface area contributed by atoms with E-state index in [1.807, 2.05) is 51.9 Å². The van der Waals surface area contributed by atoms with Gasteiger partial charge >= 0.3 is 6.09 Å². The Labute approximate surface area is 306 Å². The van der Waals surface area contributed by atoms with Crippen LogP contribution in [-0.4, -0.2) is 68.5 Å². The average molecular weight is 709 g/mol. The largest absolute Gasteiger partial charge is 0.444 e. The van der Waals surface area contributed by atoms with Gasteiger partial charge in [-0.2, -0.15) is 0 Å².